The van der Waals surface area contributed by atoms with Crippen molar-refractivity contribution in [1.29, 1.82) is 0 Å². The maximum Gasteiger partial charge on any atom is 0.0849 e. The third-order valence-corrected chi connectivity index (χ3v) is 1.67. The van der Waals surface area contributed by atoms with Crippen LogP contribution in [0.3, 0.4) is 0 Å². The van der Waals surface area contributed by atoms with E-state index in [1.807, 2.05) is 32.1 Å². The molecule has 0 atom stereocenters. The van der Waals surface area contributed by atoms with E-state index in [-0.39, 0.29) is 6.61 Å². The third kappa shape index (κ3) is 2.06. The summed E-state index contributed by atoms with van der Waals surface area (Å²) in [5.74, 6) is 0. The topological polar surface area (TPSA) is 41.3 Å². The van der Waals surface area contributed by atoms with Crippen LogP contribution in [0.4, 0.5) is 0 Å². The zero-order chi connectivity index (χ0) is 9.14. The smallest absolute Gasteiger partial charge is 0.0849 e. The average Bonchev–Trinajstić information content (AvgIpc) is 2.29. The van der Waals surface area contributed by atoms with Crippen LogP contribution in [0, 0.1) is 0 Å². The minimum atomic E-state index is 0.0525. The summed E-state index contributed by atoms with van der Waals surface area (Å²) in [6, 6.07) is 1.92. The molecular weight excluding hydrogens is 154 g/mol. The van der Waals surface area contributed by atoms with Crippen molar-refractivity contribution in [3.05, 3.63) is 17.5 Å². The molecule has 0 saturated carbocycles. The fraction of sp³-hybridized carbons (Fsp3) is 0.625. The van der Waals surface area contributed by atoms with Crippen LogP contribution in [0.2, 0.25) is 0 Å². The molecule has 0 fully saturated rings. The fourth-order valence-corrected chi connectivity index (χ4v) is 1.12. The van der Waals surface area contributed by atoms with Gasteiger partial charge in [0.2, 0.25) is 0 Å². The standard InChI is InChI=1S/C8H15N3O/c1-10(2)5-7-4-8(6-12)11(3)9-7/h4,12H,5-6H2,1-3H3. The predicted molar refractivity (Wildman–Crippen MR) is 46.5 cm³/mol. The van der Waals surface area contributed by atoms with E-state index in [1.54, 1.807) is 4.68 Å². The highest BCUT2D eigenvalue weighted by Gasteiger charge is 2.03. The molecule has 0 saturated heterocycles. The summed E-state index contributed by atoms with van der Waals surface area (Å²) in [6.07, 6.45) is 0. The van der Waals surface area contributed by atoms with Gasteiger partial charge in [-0.05, 0) is 20.2 Å². The quantitative estimate of drug-likeness (QED) is 0.691. The lowest BCUT2D eigenvalue weighted by atomic mass is 10.3. The molecule has 0 bridgehead atoms. The highest BCUT2D eigenvalue weighted by molar-refractivity contribution is 5.08. The molecular formula is C8H15N3O. The van der Waals surface area contributed by atoms with Crippen LogP contribution >= 0.6 is 0 Å². The van der Waals surface area contributed by atoms with Gasteiger partial charge in [-0.15, -0.1) is 0 Å². The van der Waals surface area contributed by atoms with E-state index >= 15 is 0 Å². The highest BCUT2D eigenvalue weighted by Crippen LogP contribution is 2.04. The number of hydrogen-bond acceptors (Lipinski definition) is 3. The molecule has 0 aliphatic rings. The summed E-state index contributed by atoms with van der Waals surface area (Å²) in [4.78, 5) is 2.05. The van der Waals surface area contributed by atoms with Crippen molar-refractivity contribution >= 4 is 0 Å². The van der Waals surface area contributed by atoms with E-state index in [4.69, 9.17) is 5.11 Å². The van der Waals surface area contributed by atoms with Crippen molar-refractivity contribution in [1.82, 2.24) is 14.7 Å². The molecule has 0 radical (unpaired) electrons. The van der Waals surface area contributed by atoms with Gasteiger partial charge in [0.15, 0.2) is 0 Å². The fourth-order valence-electron chi connectivity index (χ4n) is 1.12. The molecule has 0 spiro atoms. The zero-order valence-corrected chi connectivity index (χ0v) is 7.78. The van der Waals surface area contributed by atoms with Crippen molar-refractivity contribution in [3.63, 3.8) is 0 Å². The predicted octanol–water partition coefficient (Wildman–Crippen LogP) is -0.0260. The van der Waals surface area contributed by atoms with Gasteiger partial charge in [-0.2, -0.15) is 5.10 Å². The Bertz CT molecular complexity index is 255. The Balaban J connectivity index is 2.75. The molecule has 1 heterocycles. The third-order valence-electron chi connectivity index (χ3n) is 1.67. The van der Waals surface area contributed by atoms with Crippen molar-refractivity contribution in [2.75, 3.05) is 14.1 Å². The molecule has 12 heavy (non-hydrogen) atoms. The number of nitrogens with zero attached hydrogens (tertiary/aromatic N) is 3. The lowest BCUT2D eigenvalue weighted by Crippen LogP contribution is -2.11. The van der Waals surface area contributed by atoms with Crippen molar-refractivity contribution in [3.8, 4) is 0 Å². The van der Waals surface area contributed by atoms with Crippen LogP contribution in [-0.2, 0) is 20.2 Å². The lowest BCUT2D eigenvalue weighted by molar-refractivity contribution is 0.270. The zero-order valence-electron chi connectivity index (χ0n) is 7.78. The van der Waals surface area contributed by atoms with Gasteiger partial charge in [0.05, 0.1) is 18.0 Å². The van der Waals surface area contributed by atoms with Crippen molar-refractivity contribution < 1.29 is 5.11 Å². The van der Waals surface area contributed by atoms with Crippen LogP contribution in [0.15, 0.2) is 6.07 Å². The van der Waals surface area contributed by atoms with E-state index < -0.39 is 0 Å². The molecule has 0 aliphatic heterocycles. The molecule has 0 unspecified atom stereocenters. The summed E-state index contributed by atoms with van der Waals surface area (Å²) < 4.78 is 1.71. The molecule has 1 N–H and O–H groups in total. The van der Waals surface area contributed by atoms with Crippen LogP contribution < -0.4 is 0 Å². The number of hydrogen-bond donors (Lipinski definition) is 1. The summed E-state index contributed by atoms with van der Waals surface area (Å²) in [7, 11) is 5.82. The maximum atomic E-state index is 8.89. The Hall–Kier alpha value is -0.870. The molecule has 0 amide bonds. The minimum absolute atomic E-state index is 0.0525. The second kappa shape index (κ2) is 3.69. The van der Waals surface area contributed by atoms with Crippen LogP contribution in [-0.4, -0.2) is 33.9 Å². The first kappa shape index (κ1) is 9.22. The number of aryl methyl sites for hydroxylation is 1. The number of aromatic nitrogens is 2. The first-order chi connectivity index (χ1) is 5.63. The molecule has 1 rings (SSSR count). The summed E-state index contributed by atoms with van der Waals surface area (Å²) >= 11 is 0. The average molecular weight is 169 g/mol. The Morgan fingerprint density at radius 1 is 1.58 bits per heavy atom. The minimum Gasteiger partial charge on any atom is -0.390 e. The van der Waals surface area contributed by atoms with Crippen molar-refractivity contribution in [2.45, 2.75) is 13.2 Å². The first-order valence-electron chi connectivity index (χ1n) is 3.91. The Labute approximate surface area is 72.4 Å². The Morgan fingerprint density at radius 3 is 2.67 bits per heavy atom. The van der Waals surface area contributed by atoms with E-state index in [0.717, 1.165) is 17.9 Å². The van der Waals surface area contributed by atoms with Gasteiger partial charge in [0.1, 0.15) is 0 Å². The van der Waals surface area contributed by atoms with E-state index in [9.17, 15) is 0 Å². The Kier molecular flexibility index (Phi) is 2.83. The van der Waals surface area contributed by atoms with Crippen molar-refractivity contribution in [2.24, 2.45) is 7.05 Å². The largest absolute Gasteiger partial charge is 0.390 e. The maximum absolute atomic E-state index is 8.89. The summed E-state index contributed by atoms with van der Waals surface area (Å²) in [5, 5.41) is 13.1. The van der Waals surface area contributed by atoms with Gasteiger partial charge < -0.3 is 10.0 Å². The molecule has 0 aromatic carbocycles. The molecule has 4 nitrogen and oxygen atoms in total. The normalized spacial score (nSPS) is 11.1. The number of rotatable bonds is 3. The molecule has 1 aromatic heterocycles. The van der Waals surface area contributed by atoms with Gasteiger partial charge in [0.25, 0.3) is 0 Å². The van der Waals surface area contributed by atoms with Gasteiger partial charge in [0, 0.05) is 13.6 Å². The molecule has 68 valence electrons. The van der Waals surface area contributed by atoms with Crippen LogP contribution in [0.25, 0.3) is 0 Å². The highest BCUT2D eigenvalue weighted by atomic mass is 16.3. The molecule has 1 aromatic rings. The van der Waals surface area contributed by atoms with Gasteiger partial charge in [-0.1, -0.05) is 0 Å². The van der Waals surface area contributed by atoms with Crippen LogP contribution in [0.5, 0.6) is 0 Å². The second-order valence-electron chi connectivity index (χ2n) is 3.15. The van der Waals surface area contributed by atoms with E-state index in [0.29, 0.717) is 0 Å². The number of aliphatic hydroxyl groups is 1. The molecule has 4 heteroatoms. The van der Waals surface area contributed by atoms with E-state index in [1.165, 1.54) is 0 Å². The van der Waals surface area contributed by atoms with Gasteiger partial charge >= 0.3 is 0 Å². The summed E-state index contributed by atoms with van der Waals surface area (Å²) in [5.41, 5.74) is 1.85. The Morgan fingerprint density at radius 2 is 2.25 bits per heavy atom. The number of aliphatic hydroxyl groups excluding tert-OH is 1. The first-order valence-corrected chi connectivity index (χ1v) is 3.91. The van der Waals surface area contributed by atoms with Gasteiger partial charge in [-0.25, -0.2) is 0 Å². The monoisotopic (exact) mass is 169 g/mol. The molecule has 0 aliphatic carbocycles. The summed E-state index contributed by atoms with van der Waals surface area (Å²) in [6.45, 7) is 0.866. The second-order valence-corrected chi connectivity index (χ2v) is 3.15. The SMILES string of the molecule is CN(C)Cc1cc(CO)n(C)n1. The van der Waals surface area contributed by atoms with Gasteiger partial charge in [-0.3, -0.25) is 4.68 Å². The van der Waals surface area contributed by atoms with Crippen LogP contribution in [0.1, 0.15) is 11.4 Å². The van der Waals surface area contributed by atoms with E-state index in [2.05, 4.69) is 5.10 Å². The lowest BCUT2D eigenvalue weighted by Gasteiger charge is -2.04.